The van der Waals surface area contributed by atoms with Crippen LogP contribution in [0, 0.1) is 0 Å². The smallest absolute Gasteiger partial charge is 0.268 e. The molecule has 0 radical (unpaired) electrons. The third-order valence-electron chi connectivity index (χ3n) is 17.1. The lowest BCUT2D eigenvalue weighted by molar-refractivity contribution is -0.870. The molecule has 0 rings (SSSR count). The molecule has 3 atom stereocenters. The Kier molecular flexibility index (Phi) is 64.7. The van der Waals surface area contributed by atoms with Crippen molar-refractivity contribution in [3.05, 3.63) is 48.6 Å². The number of phosphoric ester groups is 1. The van der Waals surface area contributed by atoms with Crippen molar-refractivity contribution in [2.75, 3.05) is 40.9 Å². The number of allylic oxidation sites excluding steroid dienone is 8. The molecule has 2 N–H and O–H groups in total. The quantitative estimate of drug-likeness (QED) is 0.0272. The fourth-order valence-corrected chi connectivity index (χ4v) is 12.1. The van der Waals surface area contributed by atoms with Gasteiger partial charge in [0.25, 0.3) is 7.82 Å². The van der Waals surface area contributed by atoms with Crippen molar-refractivity contribution in [2.45, 2.75) is 386 Å². The molecule has 0 aromatic carbocycles. The lowest BCUT2D eigenvalue weighted by atomic mass is 10.0. The number of carbonyl (C=O) groups excluding carboxylic acids is 1. The first kappa shape index (κ1) is 82.5. The van der Waals surface area contributed by atoms with Crippen molar-refractivity contribution in [3.63, 3.8) is 0 Å². The Balaban J connectivity index is 3.90. The highest BCUT2D eigenvalue weighted by molar-refractivity contribution is 7.45. The van der Waals surface area contributed by atoms with Crippen molar-refractivity contribution in [3.8, 4) is 0 Å². The van der Waals surface area contributed by atoms with Crippen LogP contribution in [0.2, 0.25) is 0 Å². The predicted octanol–water partition coefficient (Wildman–Crippen LogP) is 23.2. The minimum absolute atomic E-state index is 0.0147. The number of hydrogen-bond donors (Lipinski definition) is 2. The number of amides is 1. The molecule has 0 aliphatic carbocycles. The van der Waals surface area contributed by atoms with Gasteiger partial charge in [-0.3, -0.25) is 9.36 Å². The van der Waals surface area contributed by atoms with Gasteiger partial charge in [-0.05, 0) is 51.4 Å². The maximum atomic E-state index is 13.1. The lowest BCUT2D eigenvalue weighted by Crippen LogP contribution is -2.46. The second kappa shape index (κ2) is 65.9. The van der Waals surface area contributed by atoms with Crippen LogP contribution in [0.3, 0.4) is 0 Å². The van der Waals surface area contributed by atoms with E-state index in [1.807, 2.05) is 21.1 Å². The normalized spacial score (nSPS) is 13.8. The number of carbonyl (C=O) groups is 1. The topological polar surface area (TPSA) is 108 Å². The first-order chi connectivity index (χ1) is 41.0. The molecular weight excluding hydrogens is 1060 g/mol. The summed E-state index contributed by atoms with van der Waals surface area (Å²) in [7, 11) is 1.32. The lowest BCUT2D eigenvalue weighted by Gasteiger charge is -2.30. The van der Waals surface area contributed by atoms with E-state index in [4.69, 9.17) is 9.05 Å². The fraction of sp³-hybridized carbons (Fsp3) is 0.880. The van der Waals surface area contributed by atoms with Gasteiger partial charge in [-0.25, -0.2) is 0 Å². The summed E-state index contributed by atoms with van der Waals surface area (Å²) in [5.41, 5.74) is 0. The Hall–Kier alpha value is -1.54. The number of likely N-dealkylation sites (N-methyl/N-ethyl adjacent to an activating group) is 1. The third kappa shape index (κ3) is 68.0. The highest BCUT2D eigenvalue weighted by Crippen LogP contribution is 2.38. The largest absolute Gasteiger partial charge is 0.756 e. The van der Waals surface area contributed by atoms with Gasteiger partial charge in [0.15, 0.2) is 0 Å². The molecule has 0 saturated heterocycles. The van der Waals surface area contributed by atoms with Crippen molar-refractivity contribution < 1.29 is 32.9 Å². The summed E-state index contributed by atoms with van der Waals surface area (Å²) in [6.07, 6.45) is 89.2. The molecule has 0 aromatic rings. The summed E-state index contributed by atoms with van der Waals surface area (Å²) < 4.78 is 23.6. The molecular formula is C75H145N2O6P. The maximum absolute atomic E-state index is 13.1. The number of rotatable bonds is 69. The van der Waals surface area contributed by atoms with E-state index in [2.05, 4.69) is 67.8 Å². The van der Waals surface area contributed by atoms with Crippen LogP contribution in [-0.2, 0) is 18.4 Å². The van der Waals surface area contributed by atoms with E-state index >= 15 is 0 Å². The van der Waals surface area contributed by atoms with E-state index in [9.17, 15) is 19.4 Å². The average molecular weight is 1200 g/mol. The Morgan fingerprint density at radius 1 is 0.429 bits per heavy atom. The molecule has 0 aromatic heterocycles. The Bertz CT molecular complexity index is 1510. The molecule has 3 unspecified atom stereocenters. The average Bonchev–Trinajstić information content (AvgIpc) is 3.56. The molecule has 1 amide bonds. The summed E-state index contributed by atoms with van der Waals surface area (Å²) in [4.78, 5) is 25.7. The molecule has 0 heterocycles. The van der Waals surface area contributed by atoms with Gasteiger partial charge in [-0.15, -0.1) is 0 Å². The molecule has 0 fully saturated rings. The van der Waals surface area contributed by atoms with Crippen LogP contribution in [0.1, 0.15) is 373 Å². The number of unbranched alkanes of at least 4 members (excludes halogenated alkanes) is 48. The van der Waals surface area contributed by atoms with Gasteiger partial charge in [0.1, 0.15) is 13.2 Å². The molecule has 0 aliphatic rings. The number of nitrogens with one attached hydrogen (secondary N) is 1. The number of phosphoric acid groups is 1. The molecule has 0 aliphatic heterocycles. The molecule has 0 bridgehead atoms. The number of quaternary nitrogens is 1. The Morgan fingerprint density at radius 2 is 0.726 bits per heavy atom. The van der Waals surface area contributed by atoms with Crippen LogP contribution < -0.4 is 10.2 Å². The first-order valence-electron chi connectivity index (χ1n) is 37.0. The Labute approximate surface area is 524 Å². The van der Waals surface area contributed by atoms with Crippen molar-refractivity contribution in [1.82, 2.24) is 5.32 Å². The van der Waals surface area contributed by atoms with E-state index in [0.717, 1.165) is 64.2 Å². The van der Waals surface area contributed by atoms with Crippen molar-refractivity contribution in [2.24, 2.45) is 0 Å². The van der Waals surface area contributed by atoms with Crippen molar-refractivity contribution >= 4 is 13.7 Å². The van der Waals surface area contributed by atoms with Crippen LogP contribution in [-0.4, -0.2) is 68.5 Å². The zero-order chi connectivity index (χ0) is 61.2. The molecule has 84 heavy (non-hydrogen) atoms. The fourth-order valence-electron chi connectivity index (χ4n) is 11.4. The summed E-state index contributed by atoms with van der Waals surface area (Å²) in [6.45, 7) is 4.67. The van der Waals surface area contributed by atoms with Crippen LogP contribution >= 0.6 is 7.82 Å². The number of aliphatic hydroxyl groups excluding tert-OH is 1. The number of hydrogen-bond acceptors (Lipinski definition) is 6. The minimum atomic E-state index is -4.58. The summed E-state index contributed by atoms with van der Waals surface area (Å²) >= 11 is 0. The summed E-state index contributed by atoms with van der Waals surface area (Å²) in [6, 6.07) is -0.800. The van der Waals surface area contributed by atoms with E-state index in [-0.39, 0.29) is 19.1 Å². The first-order valence-corrected chi connectivity index (χ1v) is 38.4. The second-order valence-electron chi connectivity index (χ2n) is 26.6. The number of nitrogens with zero attached hydrogens (tertiary/aromatic N) is 1. The van der Waals surface area contributed by atoms with Gasteiger partial charge in [0.05, 0.1) is 39.9 Å². The van der Waals surface area contributed by atoms with Gasteiger partial charge in [0.2, 0.25) is 5.91 Å². The standard InChI is InChI=1S/C75H145N2O6P/c1-6-8-10-12-14-16-18-20-22-24-26-28-30-31-32-33-34-35-36-37-38-39-40-41-42-43-44-45-47-49-51-53-55-57-59-61-63-65-67-69-75(79)76-73(72-83-84(80,81)82-71-70-77(3,4)5)74(78)68-66-64-62-60-58-56-54-52-50-48-46-29-27-25-23-21-19-17-15-13-11-9-7-2/h8,10,14,16,20,22,26,28,73-74,78H,6-7,9,11-13,15,17-19,21,23-25,27,29-72H2,1-5H3,(H-,76,79,80,81)/b10-8-,16-14-,22-20-,28-26-. The highest BCUT2D eigenvalue weighted by Gasteiger charge is 2.24. The van der Waals surface area contributed by atoms with E-state index in [0.29, 0.717) is 23.9 Å². The molecule has 9 heteroatoms. The van der Waals surface area contributed by atoms with Crippen LogP contribution in [0.25, 0.3) is 0 Å². The van der Waals surface area contributed by atoms with E-state index in [1.165, 1.54) is 283 Å². The van der Waals surface area contributed by atoms with Gasteiger partial charge >= 0.3 is 0 Å². The van der Waals surface area contributed by atoms with Crippen LogP contribution in [0.15, 0.2) is 48.6 Å². The summed E-state index contributed by atoms with van der Waals surface area (Å²) in [5, 5.41) is 14.1. The van der Waals surface area contributed by atoms with Gasteiger partial charge in [0, 0.05) is 6.42 Å². The maximum Gasteiger partial charge on any atom is 0.268 e. The van der Waals surface area contributed by atoms with Crippen LogP contribution in [0.5, 0.6) is 0 Å². The molecule has 0 spiro atoms. The molecule has 0 saturated carbocycles. The predicted molar refractivity (Wildman–Crippen MR) is 367 cm³/mol. The van der Waals surface area contributed by atoms with E-state index < -0.39 is 20.0 Å². The molecule has 496 valence electrons. The zero-order valence-electron chi connectivity index (χ0n) is 56.9. The monoisotopic (exact) mass is 1200 g/mol. The highest BCUT2D eigenvalue weighted by atomic mass is 31.2. The van der Waals surface area contributed by atoms with Gasteiger partial charge in [-0.2, -0.15) is 0 Å². The van der Waals surface area contributed by atoms with E-state index in [1.54, 1.807) is 0 Å². The third-order valence-corrected chi connectivity index (χ3v) is 18.0. The summed E-state index contributed by atoms with van der Waals surface area (Å²) in [5.74, 6) is -0.156. The van der Waals surface area contributed by atoms with Gasteiger partial charge in [-0.1, -0.05) is 364 Å². The number of aliphatic hydroxyl groups is 1. The second-order valence-corrected chi connectivity index (χ2v) is 28.0. The van der Waals surface area contributed by atoms with Gasteiger partial charge < -0.3 is 28.8 Å². The molecule has 8 nitrogen and oxygen atoms in total. The van der Waals surface area contributed by atoms with Crippen molar-refractivity contribution in [1.29, 1.82) is 0 Å². The van der Waals surface area contributed by atoms with Crippen LogP contribution in [0.4, 0.5) is 0 Å². The zero-order valence-corrected chi connectivity index (χ0v) is 57.8. The SMILES string of the molecule is CC/C=C\C/C=C\C/C=C\C/C=C\CCCCCCCCCCCCCCCCCCCCCCCCCCCCC(=O)NC(COP(=O)([O-])OCC[N+](C)(C)C)C(O)CCCCCCCCCCCCCCCCCCCCCCCCC. The Morgan fingerprint density at radius 3 is 1.06 bits per heavy atom. The minimum Gasteiger partial charge on any atom is -0.756 e.